The molecule has 4 aromatic carbocycles. The molecule has 1 N–H and O–H groups in total. The lowest BCUT2D eigenvalue weighted by molar-refractivity contribution is -0.384. The number of nitrogens with one attached hydrogen (secondary N) is 1. The van der Waals surface area contributed by atoms with Gasteiger partial charge in [0.15, 0.2) is 11.5 Å². The van der Waals surface area contributed by atoms with E-state index in [-0.39, 0.29) is 22.9 Å². The lowest BCUT2D eigenvalue weighted by Crippen LogP contribution is -2.39. The van der Waals surface area contributed by atoms with E-state index < -0.39 is 27.4 Å². The number of benzene rings is 4. The Labute approximate surface area is 261 Å². The number of hydrazone groups is 1. The molecular formula is C29H24BrClN4O7S. The van der Waals surface area contributed by atoms with E-state index in [4.69, 9.17) is 21.1 Å². The predicted molar refractivity (Wildman–Crippen MR) is 166 cm³/mol. The van der Waals surface area contributed by atoms with Crippen LogP contribution in [0.1, 0.15) is 11.1 Å². The molecule has 0 unspecified atom stereocenters. The smallest absolute Gasteiger partial charge is 0.269 e. The summed E-state index contributed by atoms with van der Waals surface area (Å²) in [6.45, 7) is -0.371. The van der Waals surface area contributed by atoms with Gasteiger partial charge in [0.1, 0.15) is 13.2 Å². The minimum atomic E-state index is -4.20. The second kappa shape index (κ2) is 14.1. The van der Waals surface area contributed by atoms with Crippen LogP contribution in [0.4, 0.5) is 11.4 Å². The van der Waals surface area contributed by atoms with E-state index in [2.05, 4.69) is 26.5 Å². The number of anilines is 1. The maximum absolute atomic E-state index is 13.4. The number of carbonyl (C=O) groups excluding carboxylic acids is 1. The second-order valence-electron chi connectivity index (χ2n) is 8.84. The molecule has 4 rings (SSSR count). The van der Waals surface area contributed by atoms with Gasteiger partial charge in [0, 0.05) is 17.2 Å². The molecule has 0 aliphatic heterocycles. The van der Waals surface area contributed by atoms with Crippen molar-refractivity contribution in [3.8, 4) is 11.5 Å². The van der Waals surface area contributed by atoms with E-state index in [1.807, 2.05) is 12.1 Å². The Bertz CT molecular complexity index is 1740. The summed E-state index contributed by atoms with van der Waals surface area (Å²) >= 11 is 9.41. The fraction of sp³-hybridized carbons (Fsp3) is 0.103. The van der Waals surface area contributed by atoms with Gasteiger partial charge in [-0.3, -0.25) is 19.2 Å². The minimum absolute atomic E-state index is 0.0556. The van der Waals surface area contributed by atoms with E-state index in [1.165, 1.54) is 37.6 Å². The van der Waals surface area contributed by atoms with Gasteiger partial charge in [-0.25, -0.2) is 13.8 Å². The Morgan fingerprint density at radius 2 is 1.74 bits per heavy atom. The Morgan fingerprint density at radius 3 is 2.37 bits per heavy atom. The third kappa shape index (κ3) is 8.09. The molecule has 11 nitrogen and oxygen atoms in total. The maximum atomic E-state index is 13.4. The van der Waals surface area contributed by atoms with Crippen LogP contribution in [-0.4, -0.2) is 39.1 Å². The van der Waals surface area contributed by atoms with E-state index >= 15 is 0 Å². The van der Waals surface area contributed by atoms with Crippen molar-refractivity contribution < 1.29 is 27.6 Å². The summed E-state index contributed by atoms with van der Waals surface area (Å²) in [5, 5.41) is 15.7. The van der Waals surface area contributed by atoms with E-state index in [0.29, 0.717) is 26.6 Å². The fourth-order valence-corrected chi connectivity index (χ4v) is 5.95. The number of ether oxygens (including phenoxy) is 2. The van der Waals surface area contributed by atoms with Gasteiger partial charge in [-0.15, -0.1) is 0 Å². The average molecular weight is 688 g/mol. The SMILES string of the molecule is COc1cc(/C=N\NC(=O)CN(c2ccc([N+](=O)[O-])cc2)S(=O)(=O)c2ccccc2)cc(Br)c1OCc1ccc(Cl)cc1. The highest BCUT2D eigenvalue weighted by atomic mass is 79.9. The van der Waals surface area contributed by atoms with E-state index in [1.54, 1.807) is 42.5 Å². The number of methoxy groups -OCH3 is 1. The highest BCUT2D eigenvalue weighted by Gasteiger charge is 2.27. The fourth-order valence-electron chi connectivity index (χ4n) is 3.81. The van der Waals surface area contributed by atoms with Gasteiger partial charge in [0.05, 0.1) is 33.3 Å². The number of hydrogen-bond donors (Lipinski definition) is 1. The number of nitro benzene ring substituents is 1. The van der Waals surface area contributed by atoms with Crippen LogP contribution in [0, 0.1) is 10.1 Å². The van der Waals surface area contributed by atoms with Gasteiger partial charge in [0.2, 0.25) is 0 Å². The van der Waals surface area contributed by atoms with Crippen LogP contribution >= 0.6 is 27.5 Å². The first-order valence-corrected chi connectivity index (χ1v) is 15.1. The summed E-state index contributed by atoms with van der Waals surface area (Å²) in [4.78, 5) is 23.3. The zero-order chi connectivity index (χ0) is 31.0. The summed E-state index contributed by atoms with van der Waals surface area (Å²) < 4.78 is 39.7. The van der Waals surface area contributed by atoms with Crippen LogP contribution in [-0.2, 0) is 21.4 Å². The average Bonchev–Trinajstić information content (AvgIpc) is 3.00. The van der Waals surface area contributed by atoms with Crippen molar-refractivity contribution in [2.24, 2.45) is 5.10 Å². The zero-order valence-electron chi connectivity index (χ0n) is 22.5. The molecular weight excluding hydrogens is 664 g/mol. The molecule has 14 heteroatoms. The molecule has 0 aliphatic rings. The van der Waals surface area contributed by atoms with Gasteiger partial charge in [-0.2, -0.15) is 5.10 Å². The molecule has 0 fully saturated rings. The van der Waals surface area contributed by atoms with Gasteiger partial charge < -0.3 is 9.47 Å². The number of rotatable bonds is 12. The van der Waals surface area contributed by atoms with Crippen LogP contribution in [0.3, 0.4) is 0 Å². The summed E-state index contributed by atoms with van der Waals surface area (Å²) in [5.74, 6) is 0.126. The number of non-ortho nitro benzene ring substituents is 1. The molecule has 43 heavy (non-hydrogen) atoms. The molecule has 0 radical (unpaired) electrons. The first-order chi connectivity index (χ1) is 20.6. The third-order valence-corrected chi connectivity index (χ3v) is 8.55. The summed E-state index contributed by atoms with van der Waals surface area (Å²) in [5.41, 5.74) is 3.62. The largest absolute Gasteiger partial charge is 0.493 e. The molecule has 0 aliphatic carbocycles. The Hall–Kier alpha value is -4.46. The van der Waals surface area contributed by atoms with Crippen LogP contribution in [0.25, 0.3) is 0 Å². The molecule has 0 heterocycles. The van der Waals surface area contributed by atoms with Crippen molar-refractivity contribution >= 4 is 61.1 Å². The topological polar surface area (TPSA) is 140 Å². The minimum Gasteiger partial charge on any atom is -0.493 e. The highest BCUT2D eigenvalue weighted by molar-refractivity contribution is 9.10. The summed E-state index contributed by atoms with van der Waals surface area (Å²) in [7, 11) is -2.71. The highest BCUT2D eigenvalue weighted by Crippen LogP contribution is 2.37. The first kappa shape index (κ1) is 31.5. The van der Waals surface area contributed by atoms with E-state index in [0.717, 1.165) is 22.0 Å². The monoisotopic (exact) mass is 686 g/mol. The maximum Gasteiger partial charge on any atom is 0.269 e. The molecule has 0 atom stereocenters. The number of sulfonamides is 1. The van der Waals surface area contributed by atoms with Crippen molar-refractivity contribution in [1.82, 2.24) is 5.43 Å². The molecule has 4 aromatic rings. The predicted octanol–water partition coefficient (Wildman–Crippen LogP) is 5.94. The van der Waals surface area contributed by atoms with Crippen molar-refractivity contribution in [2.45, 2.75) is 11.5 Å². The number of hydrogen-bond acceptors (Lipinski definition) is 8. The number of halogens is 2. The molecule has 0 aromatic heterocycles. The third-order valence-electron chi connectivity index (χ3n) is 5.92. The number of carbonyl (C=O) groups is 1. The molecule has 0 saturated heterocycles. The van der Waals surface area contributed by atoms with Gasteiger partial charge >= 0.3 is 0 Å². The van der Waals surface area contributed by atoms with E-state index in [9.17, 15) is 23.3 Å². The number of nitrogens with zero attached hydrogens (tertiary/aromatic N) is 3. The van der Waals surface area contributed by atoms with Gasteiger partial charge in [-0.05, 0) is 75.6 Å². The Morgan fingerprint density at radius 1 is 1.07 bits per heavy atom. The number of nitro groups is 1. The zero-order valence-corrected chi connectivity index (χ0v) is 25.7. The molecule has 1 amide bonds. The van der Waals surface area contributed by atoms with Crippen LogP contribution in [0.5, 0.6) is 11.5 Å². The van der Waals surface area contributed by atoms with Gasteiger partial charge in [0.25, 0.3) is 21.6 Å². The summed E-state index contributed by atoms with van der Waals surface area (Å²) in [6.07, 6.45) is 1.36. The lowest BCUT2D eigenvalue weighted by atomic mass is 10.2. The van der Waals surface area contributed by atoms with Crippen molar-refractivity contribution in [1.29, 1.82) is 0 Å². The quantitative estimate of drug-likeness (QED) is 0.110. The van der Waals surface area contributed by atoms with Crippen molar-refractivity contribution in [2.75, 3.05) is 18.0 Å². The molecule has 0 bridgehead atoms. The summed E-state index contributed by atoms with van der Waals surface area (Å²) in [6, 6.07) is 22.9. The van der Waals surface area contributed by atoms with Crippen LogP contribution in [0.15, 0.2) is 105 Å². The van der Waals surface area contributed by atoms with Crippen molar-refractivity contribution in [3.63, 3.8) is 0 Å². The van der Waals surface area contributed by atoms with Gasteiger partial charge in [-0.1, -0.05) is 41.9 Å². The normalized spacial score (nSPS) is 11.2. The molecule has 0 spiro atoms. The second-order valence-corrected chi connectivity index (χ2v) is 12.0. The van der Waals surface area contributed by atoms with Crippen LogP contribution < -0.4 is 19.2 Å². The Kier molecular flexibility index (Phi) is 10.3. The number of amides is 1. The molecule has 222 valence electrons. The van der Waals surface area contributed by atoms with Crippen LogP contribution in [0.2, 0.25) is 5.02 Å². The molecule has 0 saturated carbocycles. The standard InChI is InChI=1S/C29H24BrClN4O7S/c1-41-27-16-21(15-26(30)29(27)42-19-20-7-9-22(31)10-8-20)17-32-33-28(36)18-34(23-11-13-24(14-12-23)35(37)38)43(39,40)25-5-3-2-4-6-25/h2-17H,18-19H2,1H3,(H,33,36)/b32-17-. The Balaban J connectivity index is 1.49. The first-order valence-electron chi connectivity index (χ1n) is 12.5. The lowest BCUT2D eigenvalue weighted by Gasteiger charge is -2.23. The van der Waals surface area contributed by atoms with Crippen molar-refractivity contribution in [3.05, 3.63) is 122 Å².